The molecule has 0 fully saturated rings. The number of rotatable bonds is 4. The molecule has 0 aliphatic carbocycles. The molecule has 0 unspecified atom stereocenters. The normalized spacial score (nSPS) is 10.1. The second-order valence-corrected chi connectivity index (χ2v) is 3.85. The van der Waals surface area contributed by atoms with Crippen LogP contribution in [0.4, 0.5) is 5.69 Å². The van der Waals surface area contributed by atoms with Crippen molar-refractivity contribution in [3.63, 3.8) is 0 Å². The summed E-state index contributed by atoms with van der Waals surface area (Å²) in [5.74, 6) is 1.54. The molecule has 0 amide bonds. The summed E-state index contributed by atoms with van der Waals surface area (Å²) < 4.78 is 10.7. The van der Waals surface area contributed by atoms with E-state index < -0.39 is 0 Å². The minimum atomic E-state index is 0.360. The Morgan fingerprint density at radius 2 is 1.83 bits per heavy atom. The topological polar surface area (TPSA) is 57.4 Å². The van der Waals surface area contributed by atoms with Crippen molar-refractivity contribution in [2.45, 2.75) is 13.3 Å². The standard InChI is InChI=1S/C14H16N2O2/c1-3-10-4-6-11(7-5-10)18-14-12(15)8-9-13(16-14)17-2/h4-9H,3,15H2,1-2H3. The number of nitrogen functional groups attached to an aromatic ring is 1. The number of hydrogen-bond acceptors (Lipinski definition) is 4. The van der Waals surface area contributed by atoms with Gasteiger partial charge in [-0.1, -0.05) is 19.1 Å². The predicted octanol–water partition coefficient (Wildman–Crippen LogP) is 3.03. The van der Waals surface area contributed by atoms with Gasteiger partial charge in [0, 0.05) is 6.07 Å². The molecule has 0 spiro atoms. The molecule has 2 N–H and O–H groups in total. The Balaban J connectivity index is 2.21. The first-order chi connectivity index (χ1) is 8.72. The lowest BCUT2D eigenvalue weighted by Gasteiger charge is -2.09. The number of methoxy groups -OCH3 is 1. The lowest BCUT2D eigenvalue weighted by molar-refractivity contribution is 0.384. The third kappa shape index (κ3) is 2.71. The second kappa shape index (κ2) is 5.40. The van der Waals surface area contributed by atoms with Gasteiger partial charge in [0.2, 0.25) is 11.8 Å². The minimum Gasteiger partial charge on any atom is -0.481 e. The Morgan fingerprint density at radius 3 is 2.44 bits per heavy atom. The van der Waals surface area contributed by atoms with Gasteiger partial charge < -0.3 is 15.2 Å². The van der Waals surface area contributed by atoms with Gasteiger partial charge in [0.25, 0.3) is 0 Å². The first-order valence-electron chi connectivity index (χ1n) is 5.80. The van der Waals surface area contributed by atoms with E-state index in [1.807, 2.05) is 24.3 Å². The number of pyridine rings is 1. The number of ether oxygens (including phenoxy) is 2. The third-order valence-electron chi connectivity index (χ3n) is 2.62. The average molecular weight is 244 g/mol. The Morgan fingerprint density at radius 1 is 1.11 bits per heavy atom. The fraction of sp³-hybridized carbons (Fsp3) is 0.214. The maximum absolute atomic E-state index is 5.81. The number of nitrogens with zero attached hydrogens (tertiary/aromatic N) is 1. The average Bonchev–Trinajstić information content (AvgIpc) is 2.42. The van der Waals surface area contributed by atoms with Crippen molar-refractivity contribution in [1.29, 1.82) is 0 Å². The van der Waals surface area contributed by atoms with Gasteiger partial charge in [-0.2, -0.15) is 4.98 Å². The van der Waals surface area contributed by atoms with Gasteiger partial charge in [-0.25, -0.2) is 0 Å². The van der Waals surface area contributed by atoms with Crippen LogP contribution in [0.1, 0.15) is 12.5 Å². The zero-order valence-electron chi connectivity index (χ0n) is 10.5. The molecule has 2 rings (SSSR count). The number of aryl methyl sites for hydroxylation is 1. The van der Waals surface area contributed by atoms with Crippen molar-refractivity contribution in [2.75, 3.05) is 12.8 Å². The van der Waals surface area contributed by atoms with Crippen molar-refractivity contribution in [3.05, 3.63) is 42.0 Å². The highest BCUT2D eigenvalue weighted by molar-refractivity contribution is 5.51. The molecule has 94 valence electrons. The van der Waals surface area contributed by atoms with E-state index in [0.717, 1.165) is 6.42 Å². The number of benzene rings is 1. The zero-order valence-corrected chi connectivity index (χ0v) is 10.5. The van der Waals surface area contributed by atoms with Crippen LogP contribution in [0.25, 0.3) is 0 Å². The van der Waals surface area contributed by atoms with E-state index >= 15 is 0 Å². The fourth-order valence-electron chi connectivity index (χ4n) is 1.53. The summed E-state index contributed by atoms with van der Waals surface area (Å²) in [5.41, 5.74) is 7.55. The summed E-state index contributed by atoms with van der Waals surface area (Å²) in [6.45, 7) is 2.11. The van der Waals surface area contributed by atoms with E-state index in [4.69, 9.17) is 15.2 Å². The van der Waals surface area contributed by atoms with Gasteiger partial charge in [-0.3, -0.25) is 0 Å². The van der Waals surface area contributed by atoms with Gasteiger partial charge in [0.05, 0.1) is 12.8 Å². The summed E-state index contributed by atoms with van der Waals surface area (Å²) in [6.07, 6.45) is 1.000. The van der Waals surface area contributed by atoms with E-state index in [-0.39, 0.29) is 0 Å². The molecule has 0 bridgehead atoms. The summed E-state index contributed by atoms with van der Waals surface area (Å²) in [6, 6.07) is 11.3. The van der Waals surface area contributed by atoms with Gasteiger partial charge >= 0.3 is 0 Å². The number of anilines is 1. The van der Waals surface area contributed by atoms with Crippen LogP contribution in [-0.2, 0) is 6.42 Å². The van der Waals surface area contributed by atoms with Crippen LogP contribution in [0.2, 0.25) is 0 Å². The molecule has 0 radical (unpaired) electrons. The molecular formula is C14H16N2O2. The molecule has 0 aliphatic heterocycles. The van der Waals surface area contributed by atoms with Crippen LogP contribution in [0.3, 0.4) is 0 Å². The summed E-state index contributed by atoms with van der Waals surface area (Å²) in [4.78, 5) is 4.16. The monoisotopic (exact) mass is 244 g/mol. The van der Waals surface area contributed by atoms with Crippen LogP contribution in [0.5, 0.6) is 17.5 Å². The maximum atomic E-state index is 5.81. The molecule has 4 heteroatoms. The molecule has 0 saturated carbocycles. The lowest BCUT2D eigenvalue weighted by Crippen LogP contribution is -1.97. The van der Waals surface area contributed by atoms with Crippen LogP contribution < -0.4 is 15.2 Å². The minimum absolute atomic E-state index is 0.360. The van der Waals surface area contributed by atoms with E-state index in [1.54, 1.807) is 19.2 Å². The fourth-order valence-corrected chi connectivity index (χ4v) is 1.53. The molecule has 0 saturated heterocycles. The first kappa shape index (κ1) is 12.2. The number of aromatic nitrogens is 1. The highest BCUT2D eigenvalue weighted by Gasteiger charge is 2.06. The molecular weight excluding hydrogens is 228 g/mol. The number of hydrogen-bond donors (Lipinski definition) is 1. The summed E-state index contributed by atoms with van der Waals surface area (Å²) in [7, 11) is 1.55. The molecule has 4 nitrogen and oxygen atoms in total. The summed E-state index contributed by atoms with van der Waals surface area (Å²) in [5, 5.41) is 0. The van der Waals surface area contributed by atoms with Crippen molar-refractivity contribution < 1.29 is 9.47 Å². The maximum Gasteiger partial charge on any atom is 0.246 e. The van der Waals surface area contributed by atoms with Crippen LogP contribution in [-0.4, -0.2) is 12.1 Å². The Hall–Kier alpha value is -2.23. The van der Waals surface area contributed by atoms with Gasteiger partial charge in [0.15, 0.2) is 0 Å². The lowest BCUT2D eigenvalue weighted by atomic mass is 10.2. The Bertz CT molecular complexity index is 524. The highest BCUT2D eigenvalue weighted by Crippen LogP contribution is 2.27. The first-order valence-corrected chi connectivity index (χ1v) is 5.80. The molecule has 1 heterocycles. The van der Waals surface area contributed by atoms with Gasteiger partial charge in [-0.05, 0) is 30.2 Å². The van der Waals surface area contributed by atoms with Crippen molar-refractivity contribution in [1.82, 2.24) is 4.98 Å². The molecule has 1 aromatic carbocycles. The van der Waals surface area contributed by atoms with Crippen molar-refractivity contribution >= 4 is 5.69 Å². The van der Waals surface area contributed by atoms with E-state index in [9.17, 15) is 0 Å². The predicted molar refractivity (Wildman–Crippen MR) is 71.1 cm³/mol. The van der Waals surface area contributed by atoms with Crippen molar-refractivity contribution in [3.8, 4) is 17.5 Å². The molecule has 0 aliphatic rings. The van der Waals surface area contributed by atoms with Crippen LogP contribution in [0, 0.1) is 0 Å². The molecule has 0 atom stereocenters. The highest BCUT2D eigenvalue weighted by atomic mass is 16.5. The van der Waals surface area contributed by atoms with Crippen molar-refractivity contribution in [2.24, 2.45) is 0 Å². The largest absolute Gasteiger partial charge is 0.481 e. The Labute approximate surface area is 106 Å². The SMILES string of the molecule is CCc1ccc(Oc2nc(OC)ccc2N)cc1. The van der Waals surface area contributed by atoms with Crippen LogP contribution >= 0.6 is 0 Å². The summed E-state index contributed by atoms with van der Waals surface area (Å²) >= 11 is 0. The molecule has 18 heavy (non-hydrogen) atoms. The smallest absolute Gasteiger partial charge is 0.246 e. The van der Waals surface area contributed by atoms with E-state index in [1.165, 1.54) is 5.56 Å². The van der Waals surface area contributed by atoms with Crippen LogP contribution in [0.15, 0.2) is 36.4 Å². The van der Waals surface area contributed by atoms with Gasteiger partial charge in [0.1, 0.15) is 5.75 Å². The van der Waals surface area contributed by atoms with Gasteiger partial charge in [-0.15, -0.1) is 0 Å². The zero-order chi connectivity index (χ0) is 13.0. The quantitative estimate of drug-likeness (QED) is 0.898. The van der Waals surface area contributed by atoms with E-state index in [2.05, 4.69) is 11.9 Å². The Kier molecular flexibility index (Phi) is 3.67. The molecule has 2 aromatic rings. The second-order valence-electron chi connectivity index (χ2n) is 3.85. The van der Waals surface area contributed by atoms with E-state index in [0.29, 0.717) is 23.2 Å². The number of nitrogens with two attached hydrogens (primary N) is 1. The third-order valence-corrected chi connectivity index (χ3v) is 2.62. The molecule has 1 aromatic heterocycles.